The number of halogens is 6. The second kappa shape index (κ2) is 7.22. The van der Waals surface area contributed by atoms with E-state index < -0.39 is 42.5 Å². The molecule has 0 saturated heterocycles. The standard InChI is InChI=1S/C16H11F6NO2/c17-15(18,19)11-5-10(6-12(7-11)16(20,21)22)8-25-9-14(24)13-3-1-2-4-23-13/h1-7H,8-9H2. The molecule has 25 heavy (non-hydrogen) atoms. The molecular formula is C16H11F6NO2. The Bertz CT molecular complexity index is 708. The number of carbonyl (C=O) groups excluding carboxylic acids is 1. The van der Waals surface area contributed by atoms with Crippen LogP contribution in [0, 0.1) is 0 Å². The zero-order chi connectivity index (χ0) is 18.7. The molecule has 2 aromatic rings. The molecule has 9 heteroatoms. The van der Waals surface area contributed by atoms with E-state index in [-0.39, 0.29) is 17.3 Å². The van der Waals surface area contributed by atoms with E-state index in [0.717, 1.165) is 0 Å². The number of carbonyl (C=O) groups is 1. The summed E-state index contributed by atoms with van der Waals surface area (Å²) in [7, 11) is 0. The van der Waals surface area contributed by atoms with Crippen molar-refractivity contribution in [3.05, 3.63) is 65.0 Å². The van der Waals surface area contributed by atoms with Gasteiger partial charge in [-0.05, 0) is 35.9 Å². The van der Waals surface area contributed by atoms with E-state index in [4.69, 9.17) is 4.74 Å². The van der Waals surface area contributed by atoms with Crippen LogP contribution in [0.1, 0.15) is 27.2 Å². The molecule has 0 aliphatic carbocycles. The van der Waals surface area contributed by atoms with E-state index in [0.29, 0.717) is 12.1 Å². The molecule has 0 unspecified atom stereocenters. The molecular weight excluding hydrogens is 352 g/mol. The smallest absolute Gasteiger partial charge is 0.369 e. The first kappa shape index (κ1) is 18.9. The summed E-state index contributed by atoms with van der Waals surface area (Å²) in [5, 5.41) is 0. The van der Waals surface area contributed by atoms with Gasteiger partial charge in [-0.15, -0.1) is 0 Å². The van der Waals surface area contributed by atoms with Crippen LogP contribution < -0.4 is 0 Å². The maximum atomic E-state index is 12.7. The minimum atomic E-state index is -4.93. The lowest BCUT2D eigenvalue weighted by atomic mass is 10.1. The summed E-state index contributed by atoms with van der Waals surface area (Å²) in [5.41, 5.74) is -3.12. The summed E-state index contributed by atoms with van der Waals surface area (Å²) in [6.45, 7) is -1.10. The summed E-state index contributed by atoms with van der Waals surface area (Å²) in [5.74, 6) is -0.538. The fraction of sp³-hybridized carbons (Fsp3) is 0.250. The van der Waals surface area contributed by atoms with Crippen molar-refractivity contribution < 1.29 is 35.9 Å². The van der Waals surface area contributed by atoms with E-state index in [2.05, 4.69) is 4.98 Å². The van der Waals surface area contributed by atoms with Gasteiger partial charge in [0.05, 0.1) is 17.7 Å². The lowest BCUT2D eigenvalue weighted by molar-refractivity contribution is -0.143. The van der Waals surface area contributed by atoms with Crippen molar-refractivity contribution in [3.63, 3.8) is 0 Å². The van der Waals surface area contributed by atoms with E-state index in [1.54, 1.807) is 12.1 Å². The molecule has 2 rings (SSSR count). The van der Waals surface area contributed by atoms with Gasteiger partial charge in [-0.2, -0.15) is 26.3 Å². The zero-order valence-electron chi connectivity index (χ0n) is 12.5. The lowest BCUT2D eigenvalue weighted by Gasteiger charge is -2.14. The Labute approximate surface area is 138 Å². The van der Waals surface area contributed by atoms with E-state index in [9.17, 15) is 31.1 Å². The Morgan fingerprint density at radius 2 is 1.56 bits per heavy atom. The summed E-state index contributed by atoms with van der Waals surface area (Å²) >= 11 is 0. The molecule has 0 aliphatic rings. The van der Waals surface area contributed by atoms with Crippen LogP contribution in [0.2, 0.25) is 0 Å². The monoisotopic (exact) mass is 363 g/mol. The molecule has 0 atom stereocenters. The summed E-state index contributed by atoms with van der Waals surface area (Å²) < 4.78 is 81.4. The van der Waals surface area contributed by atoms with Crippen LogP contribution in [-0.2, 0) is 23.7 Å². The van der Waals surface area contributed by atoms with Gasteiger partial charge in [0.15, 0.2) is 0 Å². The van der Waals surface area contributed by atoms with Crippen molar-refractivity contribution in [1.82, 2.24) is 4.98 Å². The first-order valence-electron chi connectivity index (χ1n) is 6.88. The minimum absolute atomic E-state index is 0.0303. The maximum Gasteiger partial charge on any atom is 0.416 e. The van der Waals surface area contributed by atoms with Gasteiger partial charge in [-0.1, -0.05) is 6.07 Å². The predicted octanol–water partition coefficient (Wildman–Crippen LogP) is 4.52. The van der Waals surface area contributed by atoms with Crippen molar-refractivity contribution in [2.45, 2.75) is 19.0 Å². The largest absolute Gasteiger partial charge is 0.416 e. The predicted molar refractivity (Wildman–Crippen MR) is 74.7 cm³/mol. The average molecular weight is 363 g/mol. The van der Waals surface area contributed by atoms with Crippen LogP contribution in [0.25, 0.3) is 0 Å². The number of aromatic nitrogens is 1. The molecule has 1 aromatic carbocycles. The second-order valence-electron chi connectivity index (χ2n) is 5.05. The van der Waals surface area contributed by atoms with Crippen molar-refractivity contribution >= 4 is 5.78 Å². The number of pyridine rings is 1. The molecule has 0 bridgehead atoms. The Morgan fingerprint density at radius 1 is 0.960 bits per heavy atom. The topological polar surface area (TPSA) is 39.2 Å². The van der Waals surface area contributed by atoms with Gasteiger partial charge < -0.3 is 4.74 Å². The molecule has 1 heterocycles. The highest BCUT2D eigenvalue weighted by Crippen LogP contribution is 2.36. The molecule has 1 aromatic heterocycles. The van der Waals surface area contributed by atoms with Gasteiger partial charge in [0.1, 0.15) is 12.3 Å². The fourth-order valence-electron chi connectivity index (χ4n) is 1.97. The van der Waals surface area contributed by atoms with Gasteiger partial charge in [-0.3, -0.25) is 9.78 Å². The summed E-state index contributed by atoms with van der Waals surface area (Å²) in [4.78, 5) is 15.5. The molecule has 0 radical (unpaired) electrons. The Morgan fingerprint density at radius 3 is 2.04 bits per heavy atom. The van der Waals surface area contributed by atoms with Gasteiger partial charge in [0.25, 0.3) is 0 Å². The van der Waals surface area contributed by atoms with Crippen molar-refractivity contribution in [2.24, 2.45) is 0 Å². The van der Waals surface area contributed by atoms with E-state index >= 15 is 0 Å². The molecule has 0 spiro atoms. The van der Waals surface area contributed by atoms with E-state index in [1.165, 1.54) is 12.3 Å². The summed E-state index contributed by atoms with van der Waals surface area (Å²) in [6, 6.07) is 5.70. The Balaban J connectivity index is 2.12. The zero-order valence-corrected chi connectivity index (χ0v) is 12.5. The highest BCUT2D eigenvalue weighted by Gasteiger charge is 2.36. The van der Waals surface area contributed by atoms with Gasteiger partial charge in [-0.25, -0.2) is 0 Å². The number of hydrogen-bond acceptors (Lipinski definition) is 3. The molecule has 134 valence electrons. The molecule has 3 nitrogen and oxygen atoms in total. The van der Waals surface area contributed by atoms with Gasteiger partial charge in [0, 0.05) is 6.20 Å². The Hall–Kier alpha value is -2.42. The number of benzene rings is 1. The number of alkyl halides is 6. The normalized spacial score (nSPS) is 12.2. The number of ether oxygens (including phenoxy) is 1. The van der Waals surface area contributed by atoms with E-state index in [1.807, 2.05) is 0 Å². The van der Waals surface area contributed by atoms with Crippen LogP contribution in [0.5, 0.6) is 0 Å². The minimum Gasteiger partial charge on any atom is -0.369 e. The summed E-state index contributed by atoms with van der Waals surface area (Å²) in [6.07, 6.45) is -8.49. The fourth-order valence-corrected chi connectivity index (χ4v) is 1.97. The van der Waals surface area contributed by atoms with Gasteiger partial charge in [0.2, 0.25) is 5.78 Å². The number of Topliss-reactive ketones (excluding diaryl/α,β-unsaturated/α-hetero) is 1. The molecule has 0 amide bonds. The number of rotatable bonds is 5. The third-order valence-electron chi connectivity index (χ3n) is 3.10. The first-order valence-corrected chi connectivity index (χ1v) is 6.88. The second-order valence-corrected chi connectivity index (χ2v) is 5.05. The third-order valence-corrected chi connectivity index (χ3v) is 3.10. The molecule has 0 N–H and O–H groups in total. The first-order chi connectivity index (χ1) is 11.6. The van der Waals surface area contributed by atoms with Crippen LogP contribution in [0.4, 0.5) is 26.3 Å². The van der Waals surface area contributed by atoms with Crippen molar-refractivity contribution in [1.29, 1.82) is 0 Å². The van der Waals surface area contributed by atoms with Crippen molar-refractivity contribution in [2.75, 3.05) is 6.61 Å². The SMILES string of the molecule is O=C(COCc1cc(C(F)(F)F)cc(C(F)(F)F)c1)c1ccccn1. The third kappa shape index (κ3) is 5.28. The van der Waals surface area contributed by atoms with Crippen LogP contribution in [-0.4, -0.2) is 17.4 Å². The van der Waals surface area contributed by atoms with Crippen LogP contribution in [0.3, 0.4) is 0 Å². The van der Waals surface area contributed by atoms with Crippen molar-refractivity contribution in [3.8, 4) is 0 Å². The highest BCUT2D eigenvalue weighted by molar-refractivity contribution is 5.95. The van der Waals surface area contributed by atoms with Crippen LogP contribution in [0.15, 0.2) is 42.6 Å². The average Bonchev–Trinajstić information content (AvgIpc) is 2.53. The van der Waals surface area contributed by atoms with Crippen LogP contribution >= 0.6 is 0 Å². The number of ketones is 1. The van der Waals surface area contributed by atoms with Gasteiger partial charge >= 0.3 is 12.4 Å². The number of hydrogen-bond donors (Lipinski definition) is 0. The number of nitrogens with zero attached hydrogens (tertiary/aromatic N) is 1. The molecule has 0 saturated carbocycles. The lowest BCUT2D eigenvalue weighted by Crippen LogP contribution is -2.13. The molecule has 0 aliphatic heterocycles. The molecule has 0 fully saturated rings. The highest BCUT2D eigenvalue weighted by atomic mass is 19.4. The Kier molecular flexibility index (Phi) is 5.46. The quantitative estimate of drug-likeness (QED) is 0.579. The maximum absolute atomic E-state index is 12.7.